The van der Waals surface area contributed by atoms with E-state index in [0.29, 0.717) is 23.4 Å². The topological polar surface area (TPSA) is 101 Å². The lowest BCUT2D eigenvalue weighted by Gasteiger charge is -2.18. The Morgan fingerprint density at radius 2 is 1.38 bits per heavy atom. The molecule has 34 heavy (non-hydrogen) atoms. The Kier molecular flexibility index (Phi) is 8.12. The summed E-state index contributed by atoms with van der Waals surface area (Å²) in [4.78, 5) is 37.6. The number of benzene rings is 3. The molecule has 1 unspecified atom stereocenters. The highest BCUT2D eigenvalue weighted by Crippen LogP contribution is 2.36. The number of carbonyl (C=O) groups excluding carboxylic acids is 3. The number of thioether (sulfide) groups is 1. The third kappa shape index (κ3) is 7.49. The first kappa shape index (κ1) is 25.1. The van der Waals surface area contributed by atoms with Gasteiger partial charge in [0.15, 0.2) is 0 Å². The standard InChI is InChI=1S/C27H29N3O3S/c1-27(2,3)17-23(31)29-20-13-15-22(16-14-20)34-24(18-7-5-4-6-8-18)26(33)30-21-11-9-19(10-12-21)25(28)32/h4-16,24H,17H2,1-3H3,(H2,28,32)(H,29,31)(H,30,33). The van der Waals surface area contributed by atoms with Crippen LogP contribution >= 0.6 is 11.8 Å². The van der Waals surface area contributed by atoms with E-state index in [1.165, 1.54) is 11.8 Å². The lowest BCUT2D eigenvalue weighted by atomic mass is 9.92. The monoisotopic (exact) mass is 475 g/mol. The molecule has 3 amide bonds. The molecule has 0 heterocycles. The summed E-state index contributed by atoms with van der Waals surface area (Å²) in [6.07, 6.45) is 0.431. The van der Waals surface area contributed by atoms with E-state index in [-0.39, 0.29) is 17.2 Å². The van der Waals surface area contributed by atoms with Gasteiger partial charge in [-0.25, -0.2) is 0 Å². The van der Waals surface area contributed by atoms with E-state index < -0.39 is 11.2 Å². The van der Waals surface area contributed by atoms with Crippen LogP contribution in [0.15, 0.2) is 83.8 Å². The summed E-state index contributed by atoms with van der Waals surface area (Å²) in [6.45, 7) is 6.06. The van der Waals surface area contributed by atoms with Gasteiger partial charge in [-0.2, -0.15) is 0 Å². The third-order valence-corrected chi connectivity index (χ3v) is 6.13. The molecular weight excluding hydrogens is 446 g/mol. The maximum Gasteiger partial charge on any atom is 0.248 e. The third-order valence-electron chi connectivity index (χ3n) is 4.86. The first-order valence-corrected chi connectivity index (χ1v) is 11.8. The number of carbonyl (C=O) groups is 3. The predicted molar refractivity (Wildman–Crippen MR) is 138 cm³/mol. The number of amides is 3. The van der Waals surface area contributed by atoms with Crippen molar-refractivity contribution in [3.05, 3.63) is 90.0 Å². The summed E-state index contributed by atoms with van der Waals surface area (Å²) in [7, 11) is 0. The molecule has 0 aliphatic rings. The van der Waals surface area contributed by atoms with Crippen LogP contribution in [0.4, 0.5) is 11.4 Å². The molecule has 176 valence electrons. The van der Waals surface area contributed by atoms with Crippen molar-refractivity contribution in [2.24, 2.45) is 11.1 Å². The number of nitrogens with one attached hydrogen (secondary N) is 2. The molecule has 0 radical (unpaired) electrons. The van der Waals surface area contributed by atoms with Gasteiger partial charge in [-0.05, 0) is 59.5 Å². The quantitative estimate of drug-likeness (QED) is 0.367. The molecule has 4 N–H and O–H groups in total. The van der Waals surface area contributed by atoms with Crippen LogP contribution in [-0.2, 0) is 9.59 Å². The molecule has 0 bridgehead atoms. The number of rotatable bonds is 8. The van der Waals surface area contributed by atoms with Crippen LogP contribution in [0.2, 0.25) is 0 Å². The molecule has 0 spiro atoms. The highest BCUT2D eigenvalue weighted by Gasteiger charge is 2.22. The van der Waals surface area contributed by atoms with Crippen LogP contribution in [0.1, 0.15) is 48.4 Å². The summed E-state index contributed by atoms with van der Waals surface area (Å²) < 4.78 is 0. The van der Waals surface area contributed by atoms with Gasteiger partial charge in [0.2, 0.25) is 17.7 Å². The molecule has 3 rings (SSSR count). The van der Waals surface area contributed by atoms with Gasteiger partial charge >= 0.3 is 0 Å². The summed E-state index contributed by atoms with van der Waals surface area (Å²) in [5.74, 6) is -0.740. The summed E-state index contributed by atoms with van der Waals surface area (Å²) in [5.41, 5.74) is 7.73. The van der Waals surface area contributed by atoms with Crippen LogP contribution in [0, 0.1) is 5.41 Å². The minimum absolute atomic E-state index is 0.0307. The molecule has 0 saturated heterocycles. The molecule has 0 saturated carbocycles. The van der Waals surface area contributed by atoms with E-state index in [4.69, 9.17) is 5.73 Å². The van der Waals surface area contributed by atoms with E-state index >= 15 is 0 Å². The molecule has 6 nitrogen and oxygen atoms in total. The van der Waals surface area contributed by atoms with E-state index in [0.717, 1.165) is 10.5 Å². The second-order valence-corrected chi connectivity index (χ2v) is 10.3. The minimum atomic E-state index is -0.520. The molecule has 0 aliphatic carbocycles. The zero-order valence-corrected chi connectivity index (χ0v) is 20.3. The molecule has 3 aromatic rings. The van der Waals surface area contributed by atoms with Crippen LogP contribution in [0.5, 0.6) is 0 Å². The van der Waals surface area contributed by atoms with Gasteiger partial charge in [-0.3, -0.25) is 14.4 Å². The average Bonchev–Trinajstić information content (AvgIpc) is 2.78. The maximum absolute atomic E-state index is 13.2. The SMILES string of the molecule is CC(C)(C)CC(=O)Nc1ccc(SC(C(=O)Nc2ccc(C(N)=O)cc2)c2ccccc2)cc1. The number of nitrogens with two attached hydrogens (primary N) is 1. The van der Waals surface area contributed by atoms with Gasteiger partial charge in [-0.1, -0.05) is 51.1 Å². The highest BCUT2D eigenvalue weighted by molar-refractivity contribution is 8.00. The summed E-state index contributed by atoms with van der Waals surface area (Å²) in [6, 6.07) is 23.4. The maximum atomic E-state index is 13.2. The predicted octanol–water partition coefficient (Wildman–Crippen LogP) is 5.63. The minimum Gasteiger partial charge on any atom is -0.366 e. The molecule has 3 aromatic carbocycles. The Hall–Kier alpha value is -3.58. The zero-order chi connectivity index (χ0) is 24.7. The fourth-order valence-electron chi connectivity index (χ4n) is 3.27. The van der Waals surface area contributed by atoms with Crippen LogP contribution in [0.3, 0.4) is 0 Å². The fourth-order valence-corrected chi connectivity index (χ4v) is 4.29. The van der Waals surface area contributed by atoms with Crippen LogP contribution < -0.4 is 16.4 Å². The second kappa shape index (κ2) is 11.0. The Balaban J connectivity index is 1.73. The molecule has 0 fully saturated rings. The van der Waals surface area contributed by atoms with Gasteiger partial charge < -0.3 is 16.4 Å². The normalized spacial score (nSPS) is 12.0. The van der Waals surface area contributed by atoms with Gasteiger partial charge in [0.05, 0.1) is 0 Å². The highest BCUT2D eigenvalue weighted by atomic mass is 32.2. The first-order chi connectivity index (χ1) is 16.1. The van der Waals surface area contributed by atoms with Crippen molar-refractivity contribution in [1.29, 1.82) is 0 Å². The number of anilines is 2. The van der Waals surface area contributed by atoms with Crippen molar-refractivity contribution in [2.45, 2.75) is 37.3 Å². The Bertz CT molecular complexity index is 1140. The van der Waals surface area contributed by atoms with Crippen LogP contribution in [-0.4, -0.2) is 17.7 Å². The Morgan fingerprint density at radius 1 is 0.824 bits per heavy atom. The molecule has 1 atom stereocenters. The number of hydrogen-bond donors (Lipinski definition) is 3. The lowest BCUT2D eigenvalue weighted by molar-refractivity contribution is -0.118. The Labute approximate surface area is 204 Å². The number of hydrogen-bond acceptors (Lipinski definition) is 4. The lowest BCUT2D eigenvalue weighted by Crippen LogP contribution is -2.19. The van der Waals surface area contributed by atoms with Gasteiger partial charge in [0.25, 0.3) is 0 Å². The van der Waals surface area contributed by atoms with Crippen molar-refractivity contribution >= 4 is 40.9 Å². The summed E-state index contributed by atoms with van der Waals surface area (Å²) in [5, 5.41) is 5.33. The van der Waals surface area contributed by atoms with E-state index in [9.17, 15) is 14.4 Å². The largest absolute Gasteiger partial charge is 0.366 e. The van der Waals surface area contributed by atoms with Crippen molar-refractivity contribution in [2.75, 3.05) is 10.6 Å². The second-order valence-electron chi connectivity index (χ2n) is 9.15. The zero-order valence-electron chi connectivity index (χ0n) is 19.5. The van der Waals surface area contributed by atoms with Gasteiger partial charge in [-0.15, -0.1) is 11.8 Å². The van der Waals surface area contributed by atoms with Crippen molar-refractivity contribution in [3.8, 4) is 0 Å². The van der Waals surface area contributed by atoms with Crippen LogP contribution in [0.25, 0.3) is 0 Å². The average molecular weight is 476 g/mol. The summed E-state index contributed by atoms with van der Waals surface area (Å²) >= 11 is 1.42. The van der Waals surface area contributed by atoms with Gasteiger partial charge in [0, 0.05) is 28.3 Å². The van der Waals surface area contributed by atoms with Crippen molar-refractivity contribution in [1.82, 2.24) is 0 Å². The van der Waals surface area contributed by atoms with E-state index in [1.54, 1.807) is 24.3 Å². The first-order valence-electron chi connectivity index (χ1n) is 10.9. The molecular formula is C27H29N3O3S. The van der Waals surface area contributed by atoms with Gasteiger partial charge in [0.1, 0.15) is 5.25 Å². The van der Waals surface area contributed by atoms with Crippen molar-refractivity contribution in [3.63, 3.8) is 0 Å². The smallest absolute Gasteiger partial charge is 0.248 e. The van der Waals surface area contributed by atoms with Crippen molar-refractivity contribution < 1.29 is 14.4 Å². The Morgan fingerprint density at radius 3 is 1.94 bits per heavy atom. The van der Waals surface area contributed by atoms with E-state index in [2.05, 4.69) is 10.6 Å². The molecule has 0 aromatic heterocycles. The van der Waals surface area contributed by atoms with E-state index in [1.807, 2.05) is 75.4 Å². The molecule has 7 heteroatoms. The number of primary amides is 1. The molecule has 0 aliphatic heterocycles. The fraction of sp³-hybridized carbons (Fsp3) is 0.222.